The molecule has 0 N–H and O–H groups in total. The van der Waals surface area contributed by atoms with Crippen LogP contribution in [0.5, 0.6) is 0 Å². The van der Waals surface area contributed by atoms with Crippen molar-refractivity contribution in [2.45, 2.75) is 38.9 Å². The largest absolute Gasteiger partial charge is 0.208 e. The minimum atomic E-state index is -1.53. The van der Waals surface area contributed by atoms with E-state index in [0.717, 1.165) is 22.3 Å². The van der Waals surface area contributed by atoms with Crippen molar-refractivity contribution in [1.29, 1.82) is 0 Å². The summed E-state index contributed by atoms with van der Waals surface area (Å²) in [5, 5.41) is 1.32. The van der Waals surface area contributed by atoms with E-state index in [1.165, 1.54) is 16.3 Å². The summed E-state index contributed by atoms with van der Waals surface area (Å²) >= 11 is 0. The van der Waals surface area contributed by atoms with Crippen LogP contribution in [0.25, 0.3) is 56.4 Å². The maximum atomic E-state index is 9.45. The fourth-order valence-corrected chi connectivity index (χ4v) is 7.08. The minimum absolute atomic E-state index is 0.0468. The summed E-state index contributed by atoms with van der Waals surface area (Å²) in [7, 11) is -1.53. The van der Waals surface area contributed by atoms with Gasteiger partial charge in [0, 0.05) is 22.1 Å². The molecule has 0 atom stereocenters. The van der Waals surface area contributed by atoms with Crippen LogP contribution in [0.1, 0.15) is 30.5 Å². The van der Waals surface area contributed by atoms with Crippen LogP contribution in [-0.4, -0.2) is 23.0 Å². The van der Waals surface area contributed by atoms with Crippen LogP contribution in [0, 0.1) is 0 Å². The van der Waals surface area contributed by atoms with Crippen molar-refractivity contribution in [1.82, 2.24) is 15.0 Å². The zero-order chi connectivity index (χ0) is 33.2. The second-order valence-electron chi connectivity index (χ2n) is 12.7. The first-order valence-corrected chi connectivity index (χ1v) is 18.1. The van der Waals surface area contributed by atoms with Gasteiger partial charge in [-0.15, -0.1) is 0 Å². The van der Waals surface area contributed by atoms with E-state index in [1.807, 2.05) is 66.7 Å². The van der Waals surface area contributed by atoms with Crippen LogP contribution in [0.4, 0.5) is 0 Å². The molecule has 4 heteroatoms. The molecule has 1 heterocycles. The predicted molar refractivity (Wildman–Crippen MR) is 182 cm³/mol. The second-order valence-corrected chi connectivity index (χ2v) is 17.8. The first kappa shape index (κ1) is 22.9. The number of aromatic nitrogens is 3. The molecule has 210 valence electrons. The molecular formula is C39H35N3Si. The Kier molecular flexibility index (Phi) is 5.45. The van der Waals surface area contributed by atoms with E-state index < -0.39 is 8.07 Å². The third-order valence-electron chi connectivity index (χ3n) is 8.40. The van der Waals surface area contributed by atoms with Crippen LogP contribution < -0.4 is 5.19 Å². The summed E-state index contributed by atoms with van der Waals surface area (Å²) in [6, 6.07) is 31.5. The van der Waals surface area contributed by atoms with Gasteiger partial charge in [-0.2, -0.15) is 0 Å². The molecule has 0 unspecified atom stereocenters. The fourth-order valence-electron chi connectivity index (χ4n) is 5.91. The van der Waals surface area contributed by atoms with Crippen molar-refractivity contribution in [3.05, 3.63) is 132 Å². The Morgan fingerprint density at radius 3 is 1.81 bits per heavy atom. The summed E-state index contributed by atoms with van der Waals surface area (Å²) < 4.78 is 36.2. The summed E-state index contributed by atoms with van der Waals surface area (Å²) in [5.74, 6) is 0.982. The maximum absolute atomic E-state index is 9.45. The molecule has 7 rings (SSSR count). The smallest absolute Gasteiger partial charge is 0.164 e. The van der Waals surface area contributed by atoms with Crippen LogP contribution in [0.15, 0.2) is 121 Å². The van der Waals surface area contributed by atoms with E-state index >= 15 is 0 Å². The average molecular weight is 578 g/mol. The van der Waals surface area contributed by atoms with E-state index in [2.05, 4.69) is 63.8 Å². The molecule has 0 radical (unpaired) electrons. The molecule has 3 nitrogen and oxygen atoms in total. The molecule has 1 aliphatic carbocycles. The zero-order valence-corrected chi connectivity index (χ0v) is 26.1. The van der Waals surface area contributed by atoms with Crippen LogP contribution >= 0.6 is 0 Å². The Morgan fingerprint density at radius 1 is 0.558 bits per heavy atom. The van der Waals surface area contributed by atoms with Crippen LogP contribution in [0.2, 0.25) is 19.6 Å². The highest BCUT2D eigenvalue weighted by atomic mass is 28.3. The molecule has 1 aromatic heterocycles. The first-order chi connectivity index (χ1) is 22.4. The van der Waals surface area contributed by atoms with Gasteiger partial charge in [0.15, 0.2) is 17.5 Å². The molecule has 0 spiro atoms. The molecule has 0 aliphatic heterocycles. The summed E-state index contributed by atoms with van der Waals surface area (Å²) in [4.78, 5) is 14.5. The van der Waals surface area contributed by atoms with E-state index in [-0.39, 0.29) is 41.0 Å². The Bertz CT molecular complexity index is 2190. The zero-order valence-electron chi connectivity index (χ0n) is 29.1. The van der Waals surface area contributed by atoms with Gasteiger partial charge < -0.3 is 0 Å². The van der Waals surface area contributed by atoms with Crippen molar-refractivity contribution >= 4 is 13.3 Å². The van der Waals surface area contributed by atoms with Gasteiger partial charge in [-0.3, -0.25) is 0 Å². The number of hydrogen-bond acceptors (Lipinski definition) is 3. The Hall–Kier alpha value is -4.67. The van der Waals surface area contributed by atoms with Gasteiger partial charge in [0.05, 0.1) is 13.6 Å². The standard InChI is InChI=1S/C39H35N3Si/c1-39(2)34-17-10-9-16-32(34)33-23-20-29(25-35(33)39)28-14-11-15-30(24-28)38-41-36(26-12-7-6-8-13-26)40-37(42-38)27-18-21-31(22-19-27)43(3,4)5/h6-25H,1-5H3/i11D,14D,15D,24D. The highest BCUT2D eigenvalue weighted by Crippen LogP contribution is 2.49. The lowest BCUT2D eigenvalue weighted by Gasteiger charge is -2.22. The van der Waals surface area contributed by atoms with E-state index in [0.29, 0.717) is 22.8 Å². The predicted octanol–water partition coefficient (Wildman–Crippen LogP) is 9.39. The quantitative estimate of drug-likeness (QED) is 0.192. The lowest BCUT2D eigenvalue weighted by Crippen LogP contribution is -2.37. The summed E-state index contributed by atoms with van der Waals surface area (Å²) in [6.07, 6.45) is 0. The lowest BCUT2D eigenvalue weighted by molar-refractivity contribution is 0.660. The van der Waals surface area contributed by atoms with Gasteiger partial charge in [0.1, 0.15) is 0 Å². The second kappa shape index (κ2) is 10.2. The van der Waals surface area contributed by atoms with Crippen molar-refractivity contribution in [2.24, 2.45) is 0 Å². The molecule has 43 heavy (non-hydrogen) atoms. The Labute approximate surface area is 261 Å². The van der Waals surface area contributed by atoms with E-state index in [4.69, 9.17) is 19.1 Å². The monoisotopic (exact) mass is 577 g/mol. The highest BCUT2D eigenvalue weighted by molar-refractivity contribution is 6.88. The van der Waals surface area contributed by atoms with Gasteiger partial charge in [-0.25, -0.2) is 15.0 Å². The summed E-state index contributed by atoms with van der Waals surface area (Å²) in [6.45, 7) is 11.3. The number of hydrogen-bond donors (Lipinski definition) is 0. The van der Waals surface area contributed by atoms with Crippen molar-refractivity contribution in [3.63, 3.8) is 0 Å². The van der Waals surface area contributed by atoms with Gasteiger partial charge in [0.25, 0.3) is 0 Å². The topological polar surface area (TPSA) is 38.7 Å². The molecule has 6 aromatic rings. The fraction of sp³-hybridized carbons (Fsp3) is 0.154. The molecule has 5 aromatic carbocycles. The SMILES string of the molecule is [2H]c1c([2H])c(-c2ccc3c(c2)C(C)(C)c2ccccc2-3)c([2H])c(-c2nc(-c3ccccc3)nc(-c3ccc([Si](C)(C)C)cc3)n2)c1[2H]. The molecule has 1 aliphatic rings. The van der Waals surface area contributed by atoms with E-state index in [9.17, 15) is 1.37 Å². The van der Waals surface area contributed by atoms with Gasteiger partial charge in [-0.05, 0) is 45.5 Å². The number of benzene rings is 5. The Balaban J connectivity index is 1.43. The number of nitrogens with zero attached hydrogens (tertiary/aromatic N) is 3. The number of rotatable bonds is 5. The van der Waals surface area contributed by atoms with E-state index in [1.54, 1.807) is 0 Å². The highest BCUT2D eigenvalue weighted by Gasteiger charge is 2.35. The van der Waals surface area contributed by atoms with Gasteiger partial charge in [-0.1, -0.05) is 148 Å². The number of fused-ring (bicyclic) bond motifs is 3. The third-order valence-corrected chi connectivity index (χ3v) is 10.5. The third kappa shape index (κ3) is 4.92. The average Bonchev–Trinajstić information content (AvgIpc) is 3.29. The maximum Gasteiger partial charge on any atom is 0.164 e. The lowest BCUT2D eigenvalue weighted by atomic mass is 9.81. The molecule has 0 saturated carbocycles. The van der Waals surface area contributed by atoms with Crippen molar-refractivity contribution < 1.29 is 5.48 Å². The normalized spacial score (nSPS) is 14.7. The van der Waals surface area contributed by atoms with Crippen molar-refractivity contribution in [3.8, 4) is 56.4 Å². The summed E-state index contributed by atoms with van der Waals surface area (Å²) in [5.41, 5.74) is 7.02. The van der Waals surface area contributed by atoms with Crippen molar-refractivity contribution in [2.75, 3.05) is 0 Å². The first-order valence-electron chi connectivity index (χ1n) is 16.6. The van der Waals surface area contributed by atoms with Crippen LogP contribution in [0.3, 0.4) is 0 Å². The van der Waals surface area contributed by atoms with Crippen LogP contribution in [-0.2, 0) is 5.41 Å². The Morgan fingerprint density at radius 2 is 1.12 bits per heavy atom. The molecule has 0 fully saturated rings. The molecule has 0 amide bonds. The molecule has 0 bridgehead atoms. The molecule has 0 saturated heterocycles. The molecular weight excluding hydrogens is 539 g/mol. The minimum Gasteiger partial charge on any atom is -0.208 e. The van der Waals surface area contributed by atoms with Gasteiger partial charge >= 0.3 is 0 Å². The van der Waals surface area contributed by atoms with Gasteiger partial charge in [0.2, 0.25) is 0 Å².